The Labute approximate surface area is 68.7 Å². The molecule has 0 aromatic rings. The molecular weight excluding hydrogens is 154 g/mol. The molecule has 1 unspecified atom stereocenters. The molecule has 62 valence electrons. The molecule has 1 rings (SSSR count). The van der Waals surface area contributed by atoms with Gasteiger partial charge in [0.15, 0.2) is 0 Å². The number of β-lactam (4-membered cyclic amide) rings is 1. The molecule has 0 spiro atoms. The van der Waals surface area contributed by atoms with Gasteiger partial charge in [0.1, 0.15) is 0 Å². The number of rotatable bonds is 1. The van der Waals surface area contributed by atoms with Crippen LogP contribution in [-0.4, -0.2) is 19.6 Å². The Morgan fingerprint density at radius 1 is 1.45 bits per heavy atom. The first kappa shape index (κ1) is 8.52. The third-order valence-electron chi connectivity index (χ3n) is 2.03. The van der Waals surface area contributed by atoms with Gasteiger partial charge in [-0.25, -0.2) is 0 Å². The van der Waals surface area contributed by atoms with Crippen molar-refractivity contribution in [3.63, 3.8) is 0 Å². The second kappa shape index (κ2) is 2.48. The summed E-state index contributed by atoms with van der Waals surface area (Å²) in [5.41, 5.74) is 1.38. The maximum Gasteiger partial charge on any atom is 0.248 e. The van der Waals surface area contributed by atoms with Crippen molar-refractivity contribution >= 4 is 14.0 Å². The molecule has 0 bridgehead atoms. The second-order valence-electron chi connectivity index (χ2n) is 4.02. The van der Waals surface area contributed by atoms with Crippen LogP contribution in [0.2, 0.25) is 19.6 Å². The van der Waals surface area contributed by atoms with Crippen LogP contribution >= 0.6 is 0 Å². The van der Waals surface area contributed by atoms with E-state index < -0.39 is 8.07 Å². The minimum Gasteiger partial charge on any atom is -0.348 e. The van der Waals surface area contributed by atoms with Gasteiger partial charge in [0.25, 0.3) is 0 Å². The average molecular weight is 169 g/mol. The van der Waals surface area contributed by atoms with Gasteiger partial charge in [0, 0.05) is 5.57 Å². The van der Waals surface area contributed by atoms with E-state index in [0.717, 1.165) is 5.57 Å². The first-order valence-corrected chi connectivity index (χ1v) is 7.51. The van der Waals surface area contributed by atoms with E-state index in [1.807, 2.05) is 13.0 Å². The molecule has 0 radical (unpaired) electrons. The monoisotopic (exact) mass is 169 g/mol. The summed E-state index contributed by atoms with van der Waals surface area (Å²) in [4.78, 5) is 11.0. The Morgan fingerprint density at radius 3 is 2.18 bits per heavy atom. The van der Waals surface area contributed by atoms with Gasteiger partial charge in [0.2, 0.25) is 5.91 Å². The van der Waals surface area contributed by atoms with Crippen LogP contribution in [0.15, 0.2) is 11.6 Å². The first-order chi connectivity index (χ1) is 4.96. The number of hydrogen-bond donors (Lipinski definition) is 1. The van der Waals surface area contributed by atoms with Gasteiger partial charge in [-0.2, -0.15) is 0 Å². The maximum atomic E-state index is 11.0. The Bertz CT molecular complexity index is 215. The van der Waals surface area contributed by atoms with Crippen LogP contribution in [0.5, 0.6) is 0 Å². The van der Waals surface area contributed by atoms with Crippen molar-refractivity contribution in [1.82, 2.24) is 5.32 Å². The van der Waals surface area contributed by atoms with E-state index in [-0.39, 0.29) is 5.91 Å². The lowest BCUT2D eigenvalue weighted by Gasteiger charge is -2.39. The number of hydrogen-bond acceptors (Lipinski definition) is 1. The molecule has 3 heteroatoms. The van der Waals surface area contributed by atoms with Crippen molar-refractivity contribution in [3.8, 4) is 0 Å². The molecule has 1 atom stereocenters. The topological polar surface area (TPSA) is 29.1 Å². The fourth-order valence-electron chi connectivity index (χ4n) is 1.33. The summed E-state index contributed by atoms with van der Waals surface area (Å²) in [5.74, 6) is 0.125. The fourth-order valence-corrected chi connectivity index (χ4v) is 3.12. The van der Waals surface area contributed by atoms with Gasteiger partial charge in [-0.05, 0) is 6.92 Å². The molecule has 1 heterocycles. The van der Waals surface area contributed by atoms with Gasteiger partial charge < -0.3 is 5.32 Å². The fraction of sp³-hybridized carbons (Fsp3) is 0.625. The number of amides is 1. The Balaban J connectivity index is 2.74. The molecule has 1 fully saturated rings. The zero-order chi connectivity index (χ0) is 8.65. The molecule has 1 amide bonds. The van der Waals surface area contributed by atoms with Crippen molar-refractivity contribution in [2.75, 3.05) is 0 Å². The largest absolute Gasteiger partial charge is 0.348 e. The molecule has 1 N–H and O–H groups in total. The highest BCUT2D eigenvalue weighted by atomic mass is 28.3. The van der Waals surface area contributed by atoms with Gasteiger partial charge in [0.05, 0.1) is 13.7 Å². The molecule has 0 aromatic carbocycles. The Kier molecular flexibility index (Phi) is 1.92. The van der Waals surface area contributed by atoms with Crippen LogP contribution in [0.25, 0.3) is 0 Å². The van der Waals surface area contributed by atoms with Crippen molar-refractivity contribution in [3.05, 3.63) is 11.6 Å². The van der Waals surface area contributed by atoms with Gasteiger partial charge in [-0.1, -0.05) is 25.7 Å². The highest BCUT2D eigenvalue weighted by Crippen LogP contribution is 2.23. The van der Waals surface area contributed by atoms with Crippen LogP contribution in [-0.2, 0) is 4.79 Å². The van der Waals surface area contributed by atoms with Crippen LogP contribution in [0.1, 0.15) is 6.92 Å². The Hall–Kier alpha value is -0.573. The van der Waals surface area contributed by atoms with Crippen molar-refractivity contribution < 1.29 is 4.79 Å². The third-order valence-corrected chi connectivity index (χ3v) is 4.21. The molecule has 1 aliphatic rings. The lowest BCUT2D eigenvalue weighted by molar-refractivity contribution is -0.121. The van der Waals surface area contributed by atoms with Crippen LogP contribution in [0.3, 0.4) is 0 Å². The number of allylic oxidation sites excluding steroid dienone is 1. The van der Waals surface area contributed by atoms with Crippen LogP contribution in [0.4, 0.5) is 0 Å². The van der Waals surface area contributed by atoms with E-state index in [2.05, 4.69) is 25.0 Å². The highest BCUT2D eigenvalue weighted by Gasteiger charge is 2.41. The minimum atomic E-state index is -1.20. The standard InChI is InChI=1S/C8H15NOSi/c1-5-6-7(10)9-8(6)11(2,3)4/h5,8H,1-4H3,(H,9,10)/b6-5+. The molecule has 1 aliphatic heterocycles. The minimum absolute atomic E-state index is 0.125. The summed E-state index contributed by atoms with van der Waals surface area (Å²) in [6, 6.07) is 0. The van der Waals surface area contributed by atoms with E-state index >= 15 is 0 Å². The zero-order valence-electron chi connectivity index (χ0n) is 7.56. The summed E-state index contributed by atoms with van der Waals surface area (Å²) in [6.07, 6.45) is 1.93. The van der Waals surface area contributed by atoms with Crippen LogP contribution < -0.4 is 5.32 Å². The number of nitrogens with one attached hydrogen (secondary N) is 1. The number of carbonyl (C=O) groups excluding carboxylic acids is 1. The molecule has 2 nitrogen and oxygen atoms in total. The Morgan fingerprint density at radius 2 is 2.00 bits per heavy atom. The highest BCUT2D eigenvalue weighted by molar-refractivity contribution is 6.79. The first-order valence-electron chi connectivity index (χ1n) is 3.94. The molecule has 0 saturated carbocycles. The van der Waals surface area contributed by atoms with E-state index in [4.69, 9.17) is 0 Å². The average Bonchev–Trinajstić information content (AvgIpc) is 1.81. The van der Waals surface area contributed by atoms with E-state index in [9.17, 15) is 4.79 Å². The lowest BCUT2D eigenvalue weighted by Crippen LogP contribution is -2.62. The van der Waals surface area contributed by atoms with Crippen molar-refractivity contribution in [2.45, 2.75) is 32.2 Å². The summed E-state index contributed by atoms with van der Waals surface area (Å²) in [6.45, 7) is 8.73. The smallest absolute Gasteiger partial charge is 0.248 e. The van der Waals surface area contributed by atoms with Gasteiger partial charge in [-0.15, -0.1) is 0 Å². The van der Waals surface area contributed by atoms with Crippen molar-refractivity contribution in [1.29, 1.82) is 0 Å². The predicted molar refractivity (Wildman–Crippen MR) is 49.0 cm³/mol. The normalized spacial score (nSPS) is 28.2. The van der Waals surface area contributed by atoms with E-state index in [1.165, 1.54) is 0 Å². The second-order valence-corrected chi connectivity index (χ2v) is 9.33. The molecular formula is C8H15NOSi. The quantitative estimate of drug-likeness (QED) is 0.358. The van der Waals surface area contributed by atoms with E-state index in [1.54, 1.807) is 0 Å². The summed E-state index contributed by atoms with van der Waals surface area (Å²) in [5, 5.41) is 2.94. The lowest BCUT2D eigenvalue weighted by atomic mass is 10.1. The maximum absolute atomic E-state index is 11.0. The summed E-state index contributed by atoms with van der Waals surface area (Å²) >= 11 is 0. The zero-order valence-corrected chi connectivity index (χ0v) is 8.56. The van der Waals surface area contributed by atoms with Gasteiger partial charge >= 0.3 is 0 Å². The van der Waals surface area contributed by atoms with Crippen LogP contribution in [0, 0.1) is 0 Å². The summed E-state index contributed by atoms with van der Waals surface area (Å²) < 4.78 is 0. The molecule has 11 heavy (non-hydrogen) atoms. The van der Waals surface area contributed by atoms with Crippen molar-refractivity contribution in [2.24, 2.45) is 0 Å². The molecule has 0 aliphatic carbocycles. The third kappa shape index (κ3) is 1.38. The number of carbonyl (C=O) groups is 1. The molecule has 0 aromatic heterocycles. The molecule has 1 saturated heterocycles. The van der Waals surface area contributed by atoms with E-state index in [0.29, 0.717) is 5.67 Å². The SMILES string of the molecule is C/C=C1\C(=O)NC1[Si](C)(C)C. The predicted octanol–water partition coefficient (Wildman–Crippen LogP) is 1.31. The van der Waals surface area contributed by atoms with Gasteiger partial charge in [-0.3, -0.25) is 4.79 Å². The summed E-state index contributed by atoms with van der Waals surface area (Å²) in [7, 11) is -1.20.